The molecule has 1 amide bonds. The van der Waals surface area contributed by atoms with Crippen LogP contribution in [0.3, 0.4) is 0 Å². The first kappa shape index (κ1) is 6.93. The largest absolute Gasteiger partial charge is 0.298 e. The number of rotatable bonds is 0. The van der Waals surface area contributed by atoms with Gasteiger partial charge in [-0.1, -0.05) is 0 Å². The molecule has 0 saturated carbocycles. The van der Waals surface area contributed by atoms with Gasteiger partial charge in [0.15, 0.2) is 5.03 Å². The van der Waals surface area contributed by atoms with Crippen LogP contribution in [0.1, 0.15) is 9.67 Å². The van der Waals surface area contributed by atoms with Crippen LogP contribution in [-0.4, -0.2) is 21.4 Å². The second kappa shape index (κ2) is 1.89. The average Bonchev–Trinajstić information content (AvgIpc) is 2.37. The van der Waals surface area contributed by atoms with Crippen LogP contribution in [0.15, 0.2) is 14.9 Å². The third-order valence-electron chi connectivity index (χ3n) is 1.34. The Morgan fingerprint density at radius 2 is 2.36 bits per heavy atom. The van der Waals surface area contributed by atoms with E-state index in [1.165, 1.54) is 23.1 Å². The van der Waals surface area contributed by atoms with E-state index in [0.29, 0.717) is 9.90 Å². The van der Waals surface area contributed by atoms with Crippen LogP contribution < -0.4 is 0 Å². The van der Waals surface area contributed by atoms with Gasteiger partial charge in [-0.15, -0.1) is 11.3 Å². The predicted octanol–water partition coefficient (Wildman–Crippen LogP) is 0.754. The van der Waals surface area contributed by atoms with Gasteiger partial charge in [0.25, 0.3) is 5.91 Å². The first-order valence-electron chi connectivity index (χ1n) is 2.81. The molecule has 0 N–H and O–H groups in total. The van der Waals surface area contributed by atoms with Crippen LogP contribution in [-0.2, 0) is 9.73 Å². The van der Waals surface area contributed by atoms with Gasteiger partial charge in [0.2, 0.25) is 0 Å². The highest BCUT2D eigenvalue weighted by Gasteiger charge is 2.28. The summed E-state index contributed by atoms with van der Waals surface area (Å²) in [6.07, 6.45) is 1.43. The van der Waals surface area contributed by atoms with E-state index in [9.17, 15) is 9.00 Å². The zero-order chi connectivity index (χ0) is 8.06. The molecular formula is C5H4N2O2S2. The van der Waals surface area contributed by atoms with Crippen LogP contribution in [0.5, 0.6) is 0 Å². The standard InChI is InChI=1S/C5H4N2O2S2/c1-11(9)5-3(4(8)7-11)10-2-6-5/h2H,1H3. The molecule has 4 nitrogen and oxygen atoms in total. The first-order chi connectivity index (χ1) is 5.11. The van der Waals surface area contributed by atoms with Crippen molar-refractivity contribution in [3.05, 3.63) is 10.4 Å². The monoisotopic (exact) mass is 188 g/mol. The lowest BCUT2D eigenvalue weighted by Gasteiger charge is -1.87. The lowest BCUT2D eigenvalue weighted by Crippen LogP contribution is -1.92. The van der Waals surface area contributed by atoms with Crippen molar-refractivity contribution in [1.82, 2.24) is 4.98 Å². The summed E-state index contributed by atoms with van der Waals surface area (Å²) in [6.45, 7) is 0. The summed E-state index contributed by atoms with van der Waals surface area (Å²) in [5.74, 6) is -0.394. The van der Waals surface area contributed by atoms with Crippen molar-refractivity contribution in [2.45, 2.75) is 5.03 Å². The van der Waals surface area contributed by atoms with E-state index in [0.717, 1.165) is 0 Å². The van der Waals surface area contributed by atoms with Crippen molar-refractivity contribution in [3.63, 3.8) is 0 Å². The van der Waals surface area contributed by atoms with Crippen LogP contribution in [0.25, 0.3) is 0 Å². The summed E-state index contributed by atoms with van der Waals surface area (Å²) in [6, 6.07) is 0. The van der Waals surface area contributed by atoms with Crippen LogP contribution in [0, 0.1) is 0 Å². The average molecular weight is 188 g/mol. The van der Waals surface area contributed by atoms with Gasteiger partial charge in [-0.2, -0.15) is 4.36 Å². The van der Waals surface area contributed by atoms with Gasteiger partial charge in [0, 0.05) is 6.26 Å². The van der Waals surface area contributed by atoms with Gasteiger partial charge in [0.1, 0.15) is 4.88 Å². The SMILES string of the molecule is CS1(=O)=NC(=O)c2scnc21. The normalized spacial score (nSPS) is 28.3. The number of aromatic nitrogens is 1. The molecule has 6 heteroatoms. The number of hydrogen-bond donors (Lipinski definition) is 0. The quantitative estimate of drug-likeness (QED) is 0.603. The molecule has 0 fully saturated rings. The second-order valence-corrected chi connectivity index (χ2v) is 5.21. The van der Waals surface area contributed by atoms with Crippen molar-refractivity contribution >= 4 is 27.0 Å². The van der Waals surface area contributed by atoms with E-state index in [1.54, 1.807) is 0 Å². The number of fused-ring (bicyclic) bond motifs is 1. The summed E-state index contributed by atoms with van der Waals surface area (Å²) in [5.41, 5.74) is 1.51. The second-order valence-electron chi connectivity index (χ2n) is 2.19. The topological polar surface area (TPSA) is 59.4 Å². The van der Waals surface area contributed by atoms with Gasteiger partial charge in [-0.05, 0) is 0 Å². The minimum Gasteiger partial charge on any atom is -0.265 e. The Hall–Kier alpha value is -0.750. The Morgan fingerprint density at radius 3 is 3.00 bits per heavy atom. The highest BCUT2D eigenvalue weighted by atomic mass is 32.2. The molecule has 0 spiro atoms. The van der Waals surface area contributed by atoms with Crippen molar-refractivity contribution < 1.29 is 9.00 Å². The van der Waals surface area contributed by atoms with Gasteiger partial charge in [-0.3, -0.25) is 4.79 Å². The molecule has 11 heavy (non-hydrogen) atoms. The van der Waals surface area contributed by atoms with Gasteiger partial charge in [-0.25, -0.2) is 9.19 Å². The molecule has 1 aliphatic heterocycles. The number of nitrogens with zero attached hydrogens (tertiary/aromatic N) is 2. The van der Waals surface area contributed by atoms with Gasteiger partial charge < -0.3 is 0 Å². The van der Waals surface area contributed by atoms with Crippen molar-refractivity contribution in [2.75, 3.05) is 6.26 Å². The van der Waals surface area contributed by atoms with E-state index in [1.807, 2.05) is 0 Å². The zero-order valence-electron chi connectivity index (χ0n) is 5.60. The fourth-order valence-corrected chi connectivity index (χ4v) is 3.36. The summed E-state index contributed by atoms with van der Waals surface area (Å²) < 4.78 is 14.9. The highest BCUT2D eigenvalue weighted by Crippen LogP contribution is 2.27. The molecule has 1 atom stereocenters. The van der Waals surface area contributed by atoms with E-state index in [4.69, 9.17) is 0 Å². The third-order valence-corrected chi connectivity index (χ3v) is 3.83. The Morgan fingerprint density at radius 1 is 1.64 bits per heavy atom. The fraction of sp³-hybridized carbons (Fsp3) is 0.200. The maximum absolute atomic E-state index is 11.4. The summed E-state index contributed by atoms with van der Waals surface area (Å²) in [5, 5.41) is 0.354. The molecule has 0 aromatic carbocycles. The van der Waals surface area contributed by atoms with Gasteiger partial charge >= 0.3 is 0 Å². The molecule has 2 rings (SSSR count). The predicted molar refractivity (Wildman–Crippen MR) is 41.2 cm³/mol. The molecule has 2 heterocycles. The molecule has 1 aromatic heterocycles. The Balaban J connectivity index is 2.89. The number of thiazole rings is 1. The number of carbonyl (C=O) groups is 1. The summed E-state index contributed by atoms with van der Waals surface area (Å²) in [7, 11) is -2.49. The zero-order valence-corrected chi connectivity index (χ0v) is 7.24. The molecule has 1 aliphatic rings. The minimum absolute atomic E-state index is 0.354. The smallest absolute Gasteiger partial charge is 0.265 e. The van der Waals surface area contributed by atoms with E-state index in [2.05, 4.69) is 9.35 Å². The molecule has 1 unspecified atom stereocenters. The molecule has 1 aromatic rings. The first-order valence-corrected chi connectivity index (χ1v) is 5.61. The molecule has 0 radical (unpaired) electrons. The minimum atomic E-state index is -2.49. The van der Waals surface area contributed by atoms with E-state index < -0.39 is 15.6 Å². The summed E-state index contributed by atoms with van der Waals surface area (Å²) >= 11 is 1.19. The molecule has 0 saturated heterocycles. The molecule has 0 aliphatic carbocycles. The number of amides is 1. The maximum atomic E-state index is 11.4. The van der Waals surface area contributed by atoms with Crippen LogP contribution in [0.4, 0.5) is 0 Å². The Labute approximate surface area is 67.5 Å². The maximum Gasteiger partial charge on any atom is 0.298 e. The molecule has 0 bridgehead atoms. The lowest BCUT2D eigenvalue weighted by molar-refractivity contribution is 0.101. The van der Waals surface area contributed by atoms with Crippen molar-refractivity contribution in [2.24, 2.45) is 4.36 Å². The Kier molecular flexibility index (Phi) is 1.19. The van der Waals surface area contributed by atoms with E-state index in [-0.39, 0.29) is 0 Å². The number of hydrogen-bond acceptors (Lipinski definition) is 4. The van der Waals surface area contributed by atoms with Crippen LogP contribution >= 0.6 is 11.3 Å². The summed E-state index contributed by atoms with van der Waals surface area (Å²) in [4.78, 5) is 15.2. The van der Waals surface area contributed by atoms with Crippen LogP contribution in [0.2, 0.25) is 0 Å². The van der Waals surface area contributed by atoms with Crippen molar-refractivity contribution in [3.8, 4) is 0 Å². The molecular weight excluding hydrogens is 184 g/mol. The lowest BCUT2D eigenvalue weighted by atomic mass is 10.5. The fourth-order valence-electron chi connectivity index (χ4n) is 0.891. The van der Waals surface area contributed by atoms with Gasteiger partial charge in [0.05, 0.1) is 15.2 Å². The van der Waals surface area contributed by atoms with E-state index >= 15 is 0 Å². The Bertz CT molecular complexity index is 439. The van der Waals surface area contributed by atoms with Crippen molar-refractivity contribution in [1.29, 1.82) is 0 Å². The molecule has 58 valence electrons. The number of carbonyl (C=O) groups excluding carboxylic acids is 1. The highest BCUT2D eigenvalue weighted by molar-refractivity contribution is 7.93. The third kappa shape index (κ3) is 0.827.